The van der Waals surface area contributed by atoms with Gasteiger partial charge in [0.2, 0.25) is 0 Å². The van der Waals surface area contributed by atoms with E-state index in [1.54, 1.807) is 0 Å². The number of alkyl halides is 3. The molecule has 4 aromatic carbocycles. The van der Waals surface area contributed by atoms with Gasteiger partial charge in [0.1, 0.15) is 24.4 Å². The molecule has 2 aliphatic heterocycles. The number of rotatable bonds is 9. The van der Waals surface area contributed by atoms with Crippen molar-refractivity contribution >= 4 is 24.7 Å². The lowest BCUT2D eigenvalue weighted by Crippen LogP contribution is -2.68. The van der Waals surface area contributed by atoms with E-state index in [-0.39, 0.29) is 13.2 Å². The molecule has 1 N–H and O–H groups in total. The molecule has 2 saturated heterocycles. The molecule has 2 fully saturated rings. The van der Waals surface area contributed by atoms with E-state index in [4.69, 9.17) is 23.5 Å². The molecule has 1 amide bonds. The van der Waals surface area contributed by atoms with E-state index in [0.29, 0.717) is 0 Å². The van der Waals surface area contributed by atoms with Crippen LogP contribution in [0, 0.1) is 27.7 Å². The first-order valence-corrected chi connectivity index (χ1v) is 17.3. The first-order valence-electron chi connectivity index (χ1n) is 16.1. The Balaban J connectivity index is 1.45. The molecule has 7 nitrogen and oxygen atoms in total. The van der Waals surface area contributed by atoms with Gasteiger partial charge in [-0.15, -0.1) is 0 Å². The molecule has 6 rings (SSSR count). The number of hydrogen-bond acceptors (Lipinski definition) is 6. The number of fused-ring (bicyclic) bond motifs is 1. The topological polar surface area (TPSA) is 75.3 Å². The number of carbonyl (C=O) groups excluding carboxylic acids is 1. The molecular weight excluding hydrogens is 654 g/mol. The zero-order valence-electron chi connectivity index (χ0n) is 27.6. The molecule has 0 bridgehead atoms. The van der Waals surface area contributed by atoms with E-state index in [1.807, 2.05) is 113 Å². The van der Waals surface area contributed by atoms with E-state index in [2.05, 4.69) is 17.4 Å². The third-order valence-electron chi connectivity index (χ3n) is 8.33. The third-order valence-corrected chi connectivity index (χ3v) is 10.2. The van der Waals surface area contributed by atoms with Crippen LogP contribution in [0.5, 0.6) is 0 Å². The molecule has 49 heavy (non-hydrogen) atoms. The molecule has 11 heteroatoms. The average molecular weight is 694 g/mol. The largest absolute Gasteiger partial charge is 0.471 e. The van der Waals surface area contributed by atoms with Crippen LogP contribution in [0.4, 0.5) is 13.2 Å². The molecule has 0 radical (unpaired) electrons. The summed E-state index contributed by atoms with van der Waals surface area (Å²) in [7, 11) is -1.66. The highest BCUT2D eigenvalue weighted by Crippen LogP contribution is 2.44. The molecule has 1 unspecified atom stereocenters. The van der Waals surface area contributed by atoms with Crippen molar-refractivity contribution in [3.05, 3.63) is 130 Å². The van der Waals surface area contributed by atoms with Gasteiger partial charge in [-0.3, -0.25) is 4.79 Å². The van der Waals surface area contributed by atoms with Crippen molar-refractivity contribution in [3.63, 3.8) is 0 Å². The number of benzene rings is 4. The van der Waals surface area contributed by atoms with Crippen LogP contribution in [0.2, 0.25) is 0 Å². The fourth-order valence-corrected chi connectivity index (χ4v) is 8.61. The normalized spacial score (nSPS) is 24.0. The van der Waals surface area contributed by atoms with Crippen LogP contribution in [0.1, 0.15) is 39.7 Å². The second kappa shape index (κ2) is 15.1. The first kappa shape index (κ1) is 35.2. The monoisotopic (exact) mass is 693 g/mol. The maximum absolute atomic E-state index is 13.9. The Bertz CT molecular complexity index is 1650. The second-order valence-corrected chi connectivity index (χ2v) is 14.4. The Morgan fingerprint density at radius 3 is 1.92 bits per heavy atom. The molecule has 0 aliphatic carbocycles. The van der Waals surface area contributed by atoms with E-state index < -0.39 is 57.2 Å². The van der Waals surface area contributed by atoms with Crippen LogP contribution >= 0.6 is 8.15 Å². The number of halogens is 3. The van der Waals surface area contributed by atoms with Crippen molar-refractivity contribution in [2.24, 2.45) is 0 Å². The Morgan fingerprint density at radius 2 is 1.37 bits per heavy atom. The van der Waals surface area contributed by atoms with Gasteiger partial charge in [0.15, 0.2) is 12.6 Å². The second-order valence-electron chi connectivity index (χ2n) is 12.6. The number of hydrogen-bond donors (Lipinski definition) is 1. The summed E-state index contributed by atoms with van der Waals surface area (Å²) in [6.45, 7) is 8.03. The maximum Gasteiger partial charge on any atom is 0.471 e. The van der Waals surface area contributed by atoms with Gasteiger partial charge in [-0.1, -0.05) is 95.1 Å². The van der Waals surface area contributed by atoms with Gasteiger partial charge in [0.25, 0.3) is 0 Å². The zero-order valence-corrected chi connectivity index (χ0v) is 28.5. The molecule has 258 valence electrons. The van der Waals surface area contributed by atoms with Crippen LogP contribution < -0.4 is 15.9 Å². The Kier molecular flexibility index (Phi) is 10.8. The van der Waals surface area contributed by atoms with E-state index >= 15 is 0 Å². The molecule has 2 heterocycles. The van der Waals surface area contributed by atoms with Crippen molar-refractivity contribution in [2.75, 3.05) is 6.61 Å². The van der Waals surface area contributed by atoms with E-state index in [9.17, 15) is 18.0 Å². The molecule has 0 spiro atoms. The zero-order chi connectivity index (χ0) is 34.7. The van der Waals surface area contributed by atoms with Gasteiger partial charge in [-0.05, 0) is 57.5 Å². The summed E-state index contributed by atoms with van der Waals surface area (Å²) in [5.41, 5.74) is 5.55. The van der Waals surface area contributed by atoms with Crippen molar-refractivity contribution in [3.8, 4) is 0 Å². The Hall–Kier alpha value is -3.63. The molecule has 0 saturated carbocycles. The predicted octanol–water partition coefficient (Wildman–Crippen LogP) is 6.76. The number of amides is 1. The number of ether oxygens (including phenoxy) is 4. The first-order chi connectivity index (χ1) is 23.4. The summed E-state index contributed by atoms with van der Waals surface area (Å²) < 4.78 is 73.9. The molecule has 2 aliphatic rings. The molecule has 0 aromatic heterocycles. The predicted molar refractivity (Wildman–Crippen MR) is 181 cm³/mol. The van der Waals surface area contributed by atoms with Crippen molar-refractivity contribution in [1.82, 2.24) is 5.32 Å². The number of aryl methyl sites for hydroxylation is 4. The van der Waals surface area contributed by atoms with Crippen molar-refractivity contribution in [1.29, 1.82) is 0 Å². The summed E-state index contributed by atoms with van der Waals surface area (Å²) in [6.07, 6.45) is -10.2. The van der Waals surface area contributed by atoms with Gasteiger partial charge in [-0.2, -0.15) is 13.2 Å². The summed E-state index contributed by atoms with van der Waals surface area (Å²) in [6, 6.07) is 29.2. The van der Waals surface area contributed by atoms with Crippen LogP contribution in [0.25, 0.3) is 0 Å². The van der Waals surface area contributed by atoms with Gasteiger partial charge in [-0.25, -0.2) is 0 Å². The van der Waals surface area contributed by atoms with Crippen molar-refractivity contribution in [2.45, 2.75) is 77.4 Å². The minimum atomic E-state index is -5.17. The average Bonchev–Trinajstić information content (AvgIpc) is 3.06. The minimum absolute atomic E-state index is 0.0191. The summed E-state index contributed by atoms with van der Waals surface area (Å²) >= 11 is 0. The number of nitrogens with one attached hydrogen (secondary N) is 1. The van der Waals surface area contributed by atoms with Gasteiger partial charge in [0, 0.05) is 16.2 Å². The van der Waals surface area contributed by atoms with Gasteiger partial charge < -0.3 is 28.8 Å². The van der Waals surface area contributed by atoms with Crippen molar-refractivity contribution < 1.29 is 41.4 Å². The Labute approximate surface area is 285 Å². The highest BCUT2D eigenvalue weighted by molar-refractivity contribution is 7.68. The quantitative estimate of drug-likeness (QED) is 0.196. The lowest BCUT2D eigenvalue weighted by molar-refractivity contribution is -0.342. The minimum Gasteiger partial charge on any atom is -0.346 e. The number of carbonyl (C=O) groups is 1. The summed E-state index contributed by atoms with van der Waals surface area (Å²) in [5, 5.41) is 3.93. The smallest absolute Gasteiger partial charge is 0.346 e. The van der Waals surface area contributed by atoms with E-state index in [0.717, 1.165) is 44.0 Å². The fraction of sp³-hybridized carbons (Fsp3) is 0.342. The fourth-order valence-electron chi connectivity index (χ4n) is 6.29. The lowest BCUT2D eigenvalue weighted by Gasteiger charge is -2.50. The molecule has 4 aromatic rings. The molecular formula is C38H39F3NO6P. The SMILES string of the molecule is Cc1cc(C)cc(P(O[C@H]2[C@@H](NC(=O)C(F)(F)F)[C@@H](OCc3ccccc3)O[C@@H]3COC(c4ccccc4)O[C@@H]23)c2cc(C)cc(C)c2)c1. The van der Waals surface area contributed by atoms with E-state index in [1.165, 1.54) is 0 Å². The summed E-state index contributed by atoms with van der Waals surface area (Å²) in [4.78, 5) is 12.7. The van der Waals surface area contributed by atoms with Crippen LogP contribution in [-0.4, -0.2) is 49.3 Å². The lowest BCUT2D eigenvalue weighted by atomic mass is 9.95. The molecule has 6 atom stereocenters. The standard InChI is InChI=1S/C38H39F3NO6P/c1-23-15-24(2)18-29(17-23)49(30-19-25(3)16-26(4)20-30)48-34-32(42-37(43)38(39,40)41)36(44-21-27-11-7-5-8-12-27)46-31-22-45-35(47-33(31)34)28-13-9-6-10-14-28/h5-20,31-36H,21-22H2,1-4H3,(H,42,43)/t31-,32-,33-,34+,35?,36+/m1/s1. The maximum atomic E-state index is 13.9. The van der Waals surface area contributed by atoms with Crippen LogP contribution in [0.15, 0.2) is 97.1 Å². The van der Waals surface area contributed by atoms with Crippen LogP contribution in [-0.2, 0) is 34.9 Å². The highest BCUT2D eigenvalue weighted by atomic mass is 31.1. The summed E-state index contributed by atoms with van der Waals surface area (Å²) in [5.74, 6) is -2.13. The van der Waals surface area contributed by atoms with Gasteiger partial charge in [0.05, 0.1) is 21.4 Å². The third kappa shape index (κ3) is 8.58. The highest BCUT2D eigenvalue weighted by Gasteiger charge is 2.54. The Morgan fingerprint density at radius 1 is 0.816 bits per heavy atom. The van der Waals surface area contributed by atoms with Crippen LogP contribution in [0.3, 0.4) is 0 Å². The van der Waals surface area contributed by atoms with Gasteiger partial charge >= 0.3 is 12.1 Å².